The van der Waals surface area contributed by atoms with Gasteiger partial charge in [0.05, 0.1) is 5.25 Å². The van der Waals surface area contributed by atoms with E-state index in [9.17, 15) is 4.79 Å². The van der Waals surface area contributed by atoms with Crippen LogP contribution in [0.3, 0.4) is 0 Å². The average molecular weight is 279 g/mol. The van der Waals surface area contributed by atoms with Crippen LogP contribution in [0.5, 0.6) is 0 Å². The summed E-state index contributed by atoms with van der Waals surface area (Å²) >= 11 is 2.85. The molecule has 0 aliphatic heterocycles. The van der Waals surface area contributed by atoms with Gasteiger partial charge in [-0.2, -0.15) is 0 Å². The van der Waals surface area contributed by atoms with E-state index >= 15 is 0 Å². The summed E-state index contributed by atoms with van der Waals surface area (Å²) in [5.41, 5.74) is 3.65. The Hall–Kier alpha value is -1.40. The second kappa shape index (κ2) is 5.97. The first-order valence-corrected chi connectivity index (χ1v) is 7.21. The number of nitrogens with one attached hydrogen (secondary N) is 1. The largest absolute Gasteiger partial charge is 0.325 e. The molecule has 0 aliphatic carbocycles. The lowest BCUT2D eigenvalue weighted by atomic mass is 10.2. The average Bonchev–Trinajstić information content (AvgIpc) is 2.85. The van der Waals surface area contributed by atoms with Crippen LogP contribution in [0, 0.1) is 6.92 Å². The number of amides is 1. The van der Waals surface area contributed by atoms with Crippen LogP contribution in [-0.4, -0.2) is 21.4 Å². The van der Waals surface area contributed by atoms with Crippen LogP contribution in [0.25, 0.3) is 0 Å². The molecule has 2 rings (SSSR count). The van der Waals surface area contributed by atoms with Gasteiger partial charge in [-0.3, -0.25) is 4.79 Å². The summed E-state index contributed by atoms with van der Waals surface area (Å²) in [5.74, 6) is -0.0287. The number of nitrogens with zero attached hydrogens (tertiary/aromatic N) is 2. The Morgan fingerprint density at radius 1 is 1.39 bits per heavy atom. The minimum absolute atomic E-state index is 0.0287. The highest BCUT2D eigenvalue weighted by Crippen LogP contribution is 2.25. The summed E-state index contributed by atoms with van der Waals surface area (Å²) in [6.45, 7) is 3.87. The number of benzene rings is 1. The first kappa shape index (κ1) is 13.0. The van der Waals surface area contributed by atoms with Crippen molar-refractivity contribution >= 4 is 34.7 Å². The molecule has 1 aromatic carbocycles. The summed E-state index contributed by atoms with van der Waals surface area (Å²) in [6.07, 6.45) is 0. The van der Waals surface area contributed by atoms with Crippen molar-refractivity contribution in [2.45, 2.75) is 23.4 Å². The van der Waals surface area contributed by atoms with Gasteiger partial charge in [0.2, 0.25) is 5.91 Å². The first-order valence-electron chi connectivity index (χ1n) is 5.45. The van der Waals surface area contributed by atoms with E-state index in [1.165, 1.54) is 28.7 Å². The maximum Gasteiger partial charge on any atom is 0.237 e. The highest BCUT2D eigenvalue weighted by molar-refractivity contribution is 8.02. The fourth-order valence-electron chi connectivity index (χ4n) is 1.30. The van der Waals surface area contributed by atoms with Gasteiger partial charge in [-0.15, -0.1) is 10.2 Å². The second-order valence-electron chi connectivity index (χ2n) is 3.82. The van der Waals surface area contributed by atoms with Crippen molar-refractivity contribution in [3.63, 3.8) is 0 Å². The molecule has 0 aliphatic rings. The van der Waals surface area contributed by atoms with Crippen LogP contribution >= 0.6 is 23.1 Å². The number of hydrogen-bond acceptors (Lipinski definition) is 5. The number of hydrogen-bond donors (Lipinski definition) is 1. The van der Waals surface area contributed by atoms with E-state index in [0.717, 1.165) is 10.0 Å². The normalized spacial score (nSPS) is 12.1. The number of thioether (sulfide) groups is 1. The van der Waals surface area contributed by atoms with E-state index < -0.39 is 0 Å². The zero-order valence-corrected chi connectivity index (χ0v) is 11.7. The molecule has 0 fully saturated rings. The van der Waals surface area contributed by atoms with Gasteiger partial charge in [0.15, 0.2) is 4.34 Å². The van der Waals surface area contributed by atoms with Gasteiger partial charge in [-0.1, -0.05) is 40.8 Å². The zero-order valence-electron chi connectivity index (χ0n) is 10.1. The number of anilines is 1. The third-order valence-electron chi connectivity index (χ3n) is 2.31. The fourth-order valence-corrected chi connectivity index (χ4v) is 2.93. The Morgan fingerprint density at radius 3 is 2.72 bits per heavy atom. The lowest BCUT2D eigenvalue weighted by molar-refractivity contribution is -0.115. The molecule has 0 radical (unpaired) electrons. The number of rotatable bonds is 4. The summed E-state index contributed by atoms with van der Waals surface area (Å²) < 4.78 is 0.807. The molecule has 4 nitrogen and oxygen atoms in total. The molecular weight excluding hydrogens is 266 g/mol. The molecule has 0 spiro atoms. The lowest BCUT2D eigenvalue weighted by Gasteiger charge is -2.10. The summed E-state index contributed by atoms with van der Waals surface area (Å²) in [7, 11) is 0. The van der Waals surface area contributed by atoms with Gasteiger partial charge in [-0.25, -0.2) is 0 Å². The van der Waals surface area contributed by atoms with Gasteiger partial charge < -0.3 is 5.32 Å². The van der Waals surface area contributed by atoms with Crippen molar-refractivity contribution in [1.29, 1.82) is 0 Å². The van der Waals surface area contributed by atoms with Crippen molar-refractivity contribution in [2.24, 2.45) is 0 Å². The van der Waals surface area contributed by atoms with Gasteiger partial charge in [0, 0.05) is 5.69 Å². The van der Waals surface area contributed by atoms with Gasteiger partial charge in [0.1, 0.15) is 5.51 Å². The molecule has 2 aromatic rings. The van der Waals surface area contributed by atoms with Crippen LogP contribution in [0.2, 0.25) is 0 Å². The van der Waals surface area contributed by atoms with Crippen LogP contribution in [0.4, 0.5) is 5.69 Å². The Labute approximate surface area is 114 Å². The molecule has 0 bridgehead atoms. The summed E-state index contributed by atoms with van der Waals surface area (Å²) in [6, 6.07) is 7.74. The molecule has 6 heteroatoms. The van der Waals surface area contributed by atoms with Crippen LogP contribution in [0.15, 0.2) is 34.1 Å². The Morgan fingerprint density at radius 2 is 2.11 bits per heavy atom. The third kappa shape index (κ3) is 3.54. The van der Waals surface area contributed by atoms with E-state index in [2.05, 4.69) is 15.5 Å². The van der Waals surface area contributed by atoms with Crippen LogP contribution in [0.1, 0.15) is 12.5 Å². The minimum Gasteiger partial charge on any atom is -0.325 e. The Kier molecular flexibility index (Phi) is 4.33. The van der Waals surface area contributed by atoms with E-state index in [-0.39, 0.29) is 11.2 Å². The molecular formula is C12H13N3OS2. The van der Waals surface area contributed by atoms with Crippen molar-refractivity contribution < 1.29 is 4.79 Å². The summed E-state index contributed by atoms with van der Waals surface area (Å²) in [5, 5.41) is 10.3. The van der Waals surface area contributed by atoms with Gasteiger partial charge >= 0.3 is 0 Å². The summed E-state index contributed by atoms with van der Waals surface area (Å²) in [4.78, 5) is 11.9. The predicted molar refractivity (Wildman–Crippen MR) is 75.0 cm³/mol. The number of aryl methyl sites for hydroxylation is 1. The van der Waals surface area contributed by atoms with Crippen LogP contribution in [-0.2, 0) is 4.79 Å². The van der Waals surface area contributed by atoms with Gasteiger partial charge in [0.25, 0.3) is 0 Å². The highest BCUT2D eigenvalue weighted by atomic mass is 32.2. The molecule has 1 aromatic heterocycles. The van der Waals surface area contributed by atoms with E-state index in [1.807, 2.05) is 38.1 Å². The van der Waals surface area contributed by atoms with Gasteiger partial charge in [-0.05, 0) is 26.0 Å². The SMILES string of the molecule is Cc1ccc(NC(=O)[C@@H](C)Sc2nncs2)cc1. The smallest absolute Gasteiger partial charge is 0.237 e. The standard InChI is InChI=1S/C12H13N3OS2/c1-8-3-5-10(6-4-8)14-11(16)9(2)18-12-15-13-7-17-12/h3-7,9H,1-2H3,(H,14,16)/t9-/m1/s1. The van der Waals surface area contributed by atoms with Crippen molar-refractivity contribution in [3.05, 3.63) is 35.3 Å². The van der Waals surface area contributed by atoms with Crippen molar-refractivity contribution in [2.75, 3.05) is 5.32 Å². The Balaban J connectivity index is 1.93. The quantitative estimate of drug-likeness (QED) is 0.874. The first-order chi connectivity index (χ1) is 8.65. The molecule has 1 amide bonds. The van der Waals surface area contributed by atoms with E-state index in [1.54, 1.807) is 5.51 Å². The number of aromatic nitrogens is 2. The highest BCUT2D eigenvalue weighted by Gasteiger charge is 2.16. The molecule has 0 unspecified atom stereocenters. The number of carbonyl (C=O) groups excluding carboxylic acids is 1. The number of carbonyl (C=O) groups is 1. The van der Waals surface area contributed by atoms with E-state index in [0.29, 0.717) is 0 Å². The molecule has 94 valence electrons. The van der Waals surface area contributed by atoms with Crippen molar-refractivity contribution in [3.8, 4) is 0 Å². The maximum atomic E-state index is 11.9. The second-order valence-corrected chi connectivity index (χ2v) is 6.24. The molecule has 1 atom stereocenters. The predicted octanol–water partition coefficient (Wildman–Crippen LogP) is 2.97. The lowest BCUT2D eigenvalue weighted by Crippen LogP contribution is -2.22. The minimum atomic E-state index is -0.195. The monoisotopic (exact) mass is 279 g/mol. The third-order valence-corrected chi connectivity index (χ3v) is 4.22. The zero-order chi connectivity index (χ0) is 13.0. The van der Waals surface area contributed by atoms with Crippen LogP contribution < -0.4 is 5.32 Å². The van der Waals surface area contributed by atoms with E-state index in [4.69, 9.17) is 0 Å². The van der Waals surface area contributed by atoms with Crippen molar-refractivity contribution in [1.82, 2.24) is 10.2 Å². The fraction of sp³-hybridized carbons (Fsp3) is 0.250. The molecule has 0 saturated carbocycles. The molecule has 1 heterocycles. The Bertz CT molecular complexity index is 511. The molecule has 1 N–H and O–H groups in total. The topological polar surface area (TPSA) is 54.9 Å². The molecule has 0 saturated heterocycles. The maximum absolute atomic E-state index is 11.9. The molecule has 18 heavy (non-hydrogen) atoms.